The average molecular weight is 382 g/mol. The number of aryl methyl sites for hydroxylation is 2. The summed E-state index contributed by atoms with van der Waals surface area (Å²) < 4.78 is 28.2. The van der Waals surface area contributed by atoms with E-state index < -0.39 is 10.0 Å². The van der Waals surface area contributed by atoms with E-state index in [1.54, 1.807) is 24.3 Å². The standard InChI is InChI=1S/C16H16BrNO3S/c1-10-4-6-13(7-5-10)22(20,21)18-16-8-11(2)15(17)9-14(16)12(3)19/h4-9,18H,1-3H3. The molecule has 0 fully saturated rings. The summed E-state index contributed by atoms with van der Waals surface area (Å²) in [7, 11) is -3.73. The molecule has 0 unspecified atom stereocenters. The van der Waals surface area contributed by atoms with E-state index in [1.807, 2.05) is 13.8 Å². The molecule has 22 heavy (non-hydrogen) atoms. The van der Waals surface area contributed by atoms with Crippen LogP contribution in [0.3, 0.4) is 0 Å². The Hall–Kier alpha value is -1.66. The van der Waals surface area contributed by atoms with E-state index in [4.69, 9.17) is 0 Å². The number of nitrogens with one attached hydrogen (secondary N) is 1. The second kappa shape index (κ2) is 6.22. The van der Waals surface area contributed by atoms with Gasteiger partial charge < -0.3 is 0 Å². The molecule has 0 saturated heterocycles. The van der Waals surface area contributed by atoms with Gasteiger partial charge in [0.2, 0.25) is 0 Å². The molecule has 1 N–H and O–H groups in total. The zero-order valence-electron chi connectivity index (χ0n) is 12.5. The Labute approximate surface area is 138 Å². The van der Waals surface area contributed by atoms with Crippen molar-refractivity contribution < 1.29 is 13.2 Å². The summed E-state index contributed by atoms with van der Waals surface area (Å²) in [6.45, 7) is 5.12. The molecule has 0 spiro atoms. The molecule has 0 atom stereocenters. The van der Waals surface area contributed by atoms with Gasteiger partial charge in [-0.05, 0) is 50.6 Å². The lowest BCUT2D eigenvalue weighted by molar-refractivity contribution is 0.101. The van der Waals surface area contributed by atoms with Crippen LogP contribution in [0.25, 0.3) is 0 Å². The molecule has 0 aliphatic heterocycles. The Balaban J connectivity index is 2.47. The van der Waals surface area contributed by atoms with Gasteiger partial charge in [0.1, 0.15) is 0 Å². The van der Waals surface area contributed by atoms with Crippen molar-refractivity contribution in [3.63, 3.8) is 0 Å². The fourth-order valence-corrected chi connectivity index (χ4v) is 3.39. The van der Waals surface area contributed by atoms with Gasteiger partial charge in [0.25, 0.3) is 10.0 Å². The number of sulfonamides is 1. The summed E-state index contributed by atoms with van der Waals surface area (Å²) in [6, 6.07) is 9.81. The minimum absolute atomic E-state index is 0.160. The number of anilines is 1. The largest absolute Gasteiger partial charge is 0.294 e. The quantitative estimate of drug-likeness (QED) is 0.811. The van der Waals surface area contributed by atoms with Gasteiger partial charge in [-0.3, -0.25) is 9.52 Å². The molecule has 0 aliphatic carbocycles. The molecule has 2 aromatic carbocycles. The molecule has 0 amide bonds. The predicted molar refractivity (Wildman–Crippen MR) is 90.9 cm³/mol. The van der Waals surface area contributed by atoms with Gasteiger partial charge in [0, 0.05) is 10.0 Å². The topological polar surface area (TPSA) is 63.2 Å². The number of Topliss-reactive ketones (excluding diaryl/α,β-unsaturated/α-hetero) is 1. The van der Waals surface area contributed by atoms with Crippen molar-refractivity contribution in [3.8, 4) is 0 Å². The molecule has 2 aromatic rings. The van der Waals surface area contributed by atoms with Crippen LogP contribution in [-0.2, 0) is 10.0 Å². The van der Waals surface area contributed by atoms with Gasteiger partial charge in [-0.1, -0.05) is 33.6 Å². The number of hydrogen-bond acceptors (Lipinski definition) is 3. The lowest BCUT2D eigenvalue weighted by atomic mass is 10.1. The number of halogens is 1. The molecule has 4 nitrogen and oxygen atoms in total. The van der Waals surface area contributed by atoms with Crippen molar-refractivity contribution in [2.45, 2.75) is 25.7 Å². The van der Waals surface area contributed by atoms with Crippen molar-refractivity contribution in [3.05, 3.63) is 57.6 Å². The first-order chi connectivity index (χ1) is 10.2. The van der Waals surface area contributed by atoms with Gasteiger partial charge >= 0.3 is 0 Å². The SMILES string of the molecule is CC(=O)c1cc(Br)c(C)cc1NS(=O)(=O)c1ccc(C)cc1. The lowest BCUT2D eigenvalue weighted by Gasteiger charge is -2.13. The Morgan fingerprint density at radius 1 is 1.09 bits per heavy atom. The van der Waals surface area contributed by atoms with E-state index in [1.165, 1.54) is 19.1 Å². The molecule has 2 rings (SSSR count). The van der Waals surface area contributed by atoms with Crippen LogP contribution in [0.5, 0.6) is 0 Å². The predicted octanol–water partition coefficient (Wildman–Crippen LogP) is 4.07. The van der Waals surface area contributed by atoms with Crippen LogP contribution in [0.4, 0.5) is 5.69 Å². The van der Waals surface area contributed by atoms with Crippen LogP contribution < -0.4 is 4.72 Å². The zero-order chi connectivity index (χ0) is 16.5. The molecule has 116 valence electrons. The molecule has 0 aromatic heterocycles. The molecule has 6 heteroatoms. The Kier molecular flexibility index (Phi) is 4.72. The summed E-state index contributed by atoms with van der Waals surface area (Å²) in [4.78, 5) is 11.9. The number of ketones is 1. The molecule has 0 bridgehead atoms. The monoisotopic (exact) mass is 381 g/mol. The Morgan fingerprint density at radius 2 is 1.68 bits per heavy atom. The highest BCUT2D eigenvalue weighted by atomic mass is 79.9. The van der Waals surface area contributed by atoms with Gasteiger partial charge in [0.05, 0.1) is 10.6 Å². The van der Waals surface area contributed by atoms with Crippen LogP contribution in [0.2, 0.25) is 0 Å². The van der Waals surface area contributed by atoms with E-state index in [9.17, 15) is 13.2 Å². The highest BCUT2D eigenvalue weighted by Crippen LogP contribution is 2.27. The third-order valence-electron chi connectivity index (χ3n) is 3.25. The maximum Gasteiger partial charge on any atom is 0.261 e. The molecular formula is C16H16BrNO3S. The van der Waals surface area contributed by atoms with Crippen molar-refractivity contribution >= 4 is 37.4 Å². The summed E-state index contributed by atoms with van der Waals surface area (Å²) in [5.74, 6) is -0.206. The summed E-state index contributed by atoms with van der Waals surface area (Å²) in [5, 5.41) is 0. The number of carbonyl (C=O) groups is 1. The van der Waals surface area contributed by atoms with E-state index in [-0.39, 0.29) is 16.4 Å². The van der Waals surface area contributed by atoms with Crippen molar-refractivity contribution in [1.29, 1.82) is 0 Å². The summed E-state index contributed by atoms with van der Waals surface area (Å²) >= 11 is 3.35. The molecule has 0 radical (unpaired) electrons. The van der Waals surface area contributed by atoms with Gasteiger partial charge in [-0.2, -0.15) is 0 Å². The fraction of sp³-hybridized carbons (Fsp3) is 0.188. The fourth-order valence-electron chi connectivity index (χ4n) is 1.98. The number of hydrogen-bond donors (Lipinski definition) is 1. The van der Waals surface area contributed by atoms with E-state index in [0.29, 0.717) is 5.56 Å². The normalized spacial score (nSPS) is 11.3. The molecule has 0 saturated carbocycles. The summed E-state index contributed by atoms with van der Waals surface area (Å²) in [6.07, 6.45) is 0. The van der Waals surface area contributed by atoms with Gasteiger partial charge in [-0.15, -0.1) is 0 Å². The average Bonchev–Trinajstić information content (AvgIpc) is 2.42. The first-order valence-corrected chi connectivity index (χ1v) is 8.89. The van der Waals surface area contributed by atoms with Crippen LogP contribution in [0, 0.1) is 13.8 Å². The maximum atomic E-state index is 12.4. The third kappa shape index (κ3) is 3.56. The summed E-state index contributed by atoms with van der Waals surface area (Å²) in [5.41, 5.74) is 2.43. The second-order valence-corrected chi connectivity index (χ2v) is 7.66. The molecule has 0 heterocycles. The number of rotatable bonds is 4. The van der Waals surface area contributed by atoms with Crippen molar-refractivity contribution in [1.82, 2.24) is 0 Å². The van der Waals surface area contributed by atoms with Gasteiger partial charge in [0.15, 0.2) is 5.78 Å². The first kappa shape index (κ1) is 16.7. The molecule has 0 aliphatic rings. The third-order valence-corrected chi connectivity index (χ3v) is 5.49. The van der Waals surface area contributed by atoms with Crippen LogP contribution in [-0.4, -0.2) is 14.2 Å². The van der Waals surface area contributed by atoms with Crippen LogP contribution in [0.1, 0.15) is 28.4 Å². The van der Waals surface area contributed by atoms with E-state index in [2.05, 4.69) is 20.7 Å². The highest BCUT2D eigenvalue weighted by Gasteiger charge is 2.18. The lowest BCUT2D eigenvalue weighted by Crippen LogP contribution is -2.15. The number of carbonyl (C=O) groups excluding carboxylic acids is 1. The van der Waals surface area contributed by atoms with Crippen molar-refractivity contribution in [2.24, 2.45) is 0 Å². The Bertz CT molecular complexity index is 827. The minimum Gasteiger partial charge on any atom is -0.294 e. The van der Waals surface area contributed by atoms with Gasteiger partial charge in [-0.25, -0.2) is 8.42 Å². The number of benzene rings is 2. The second-order valence-electron chi connectivity index (χ2n) is 5.12. The van der Waals surface area contributed by atoms with E-state index in [0.717, 1.165) is 15.6 Å². The highest BCUT2D eigenvalue weighted by molar-refractivity contribution is 9.10. The maximum absolute atomic E-state index is 12.4. The van der Waals surface area contributed by atoms with Crippen molar-refractivity contribution in [2.75, 3.05) is 4.72 Å². The Morgan fingerprint density at radius 3 is 2.23 bits per heavy atom. The minimum atomic E-state index is -3.73. The first-order valence-electron chi connectivity index (χ1n) is 6.61. The smallest absolute Gasteiger partial charge is 0.261 e. The van der Waals surface area contributed by atoms with Crippen LogP contribution >= 0.6 is 15.9 Å². The molecular weight excluding hydrogens is 366 g/mol. The van der Waals surface area contributed by atoms with E-state index >= 15 is 0 Å². The zero-order valence-corrected chi connectivity index (χ0v) is 14.9. The van der Waals surface area contributed by atoms with Crippen LogP contribution in [0.15, 0.2) is 45.8 Å².